The van der Waals surface area contributed by atoms with Gasteiger partial charge in [0.1, 0.15) is 5.75 Å². The van der Waals surface area contributed by atoms with Gasteiger partial charge in [0, 0.05) is 23.1 Å². The molecule has 0 spiro atoms. The highest BCUT2D eigenvalue weighted by atomic mass is 16.3. The van der Waals surface area contributed by atoms with Gasteiger partial charge in [-0.3, -0.25) is 4.79 Å². The predicted molar refractivity (Wildman–Crippen MR) is 81.0 cm³/mol. The smallest absolute Gasteiger partial charge is 0.251 e. The number of nitrogens with two attached hydrogens (primary N) is 1. The Labute approximate surface area is 119 Å². The van der Waals surface area contributed by atoms with E-state index in [9.17, 15) is 9.90 Å². The minimum atomic E-state index is -0.439. The minimum Gasteiger partial charge on any atom is -0.508 e. The number of nitrogens with zero attached hydrogens (tertiary/aromatic N) is 1. The number of phenols is 1. The van der Waals surface area contributed by atoms with Crippen LogP contribution < -0.4 is 5.73 Å². The van der Waals surface area contributed by atoms with Gasteiger partial charge in [0.05, 0.1) is 5.56 Å². The Hall–Kier alpha value is -1.97. The SMILES string of the molecule is CCCCCCn1c(C)c(C(N)=O)c2cc(O)ccc21. The van der Waals surface area contributed by atoms with E-state index in [2.05, 4.69) is 11.5 Å². The zero-order valence-electron chi connectivity index (χ0n) is 12.1. The van der Waals surface area contributed by atoms with Gasteiger partial charge in [-0.05, 0) is 31.5 Å². The molecule has 0 saturated heterocycles. The summed E-state index contributed by atoms with van der Waals surface area (Å²) in [6.45, 7) is 4.97. The zero-order valence-corrected chi connectivity index (χ0v) is 12.1. The molecule has 0 radical (unpaired) electrons. The summed E-state index contributed by atoms with van der Waals surface area (Å²) in [6, 6.07) is 5.12. The minimum absolute atomic E-state index is 0.156. The van der Waals surface area contributed by atoms with Crippen LogP contribution >= 0.6 is 0 Å². The number of aromatic hydroxyl groups is 1. The lowest BCUT2D eigenvalue weighted by molar-refractivity contribution is 0.100. The second-order valence-corrected chi connectivity index (χ2v) is 5.24. The molecule has 0 aliphatic rings. The van der Waals surface area contributed by atoms with Gasteiger partial charge in [-0.2, -0.15) is 0 Å². The number of hydrogen-bond acceptors (Lipinski definition) is 2. The Morgan fingerprint density at radius 1 is 1.30 bits per heavy atom. The summed E-state index contributed by atoms with van der Waals surface area (Å²) in [5, 5.41) is 10.4. The largest absolute Gasteiger partial charge is 0.508 e. The number of carbonyl (C=O) groups excluding carboxylic acids is 1. The fourth-order valence-corrected chi connectivity index (χ4v) is 2.77. The molecule has 4 nitrogen and oxygen atoms in total. The molecule has 1 aromatic carbocycles. The quantitative estimate of drug-likeness (QED) is 0.793. The van der Waals surface area contributed by atoms with Gasteiger partial charge < -0.3 is 15.4 Å². The molecule has 20 heavy (non-hydrogen) atoms. The zero-order chi connectivity index (χ0) is 14.7. The van der Waals surface area contributed by atoms with E-state index >= 15 is 0 Å². The normalized spacial score (nSPS) is 11.1. The first-order valence-electron chi connectivity index (χ1n) is 7.17. The lowest BCUT2D eigenvalue weighted by Gasteiger charge is -2.08. The highest BCUT2D eigenvalue weighted by Crippen LogP contribution is 2.29. The number of aryl methyl sites for hydroxylation is 1. The highest BCUT2D eigenvalue weighted by molar-refractivity contribution is 6.08. The number of phenolic OH excluding ortho intramolecular Hbond substituents is 1. The molecule has 0 saturated carbocycles. The summed E-state index contributed by atoms with van der Waals surface area (Å²) in [4.78, 5) is 11.7. The van der Waals surface area contributed by atoms with Crippen LogP contribution in [-0.2, 0) is 6.54 Å². The van der Waals surface area contributed by atoms with Crippen molar-refractivity contribution in [2.45, 2.75) is 46.1 Å². The number of rotatable bonds is 6. The fourth-order valence-electron chi connectivity index (χ4n) is 2.77. The third kappa shape index (κ3) is 2.64. The molecule has 0 unspecified atom stereocenters. The van der Waals surface area contributed by atoms with Crippen molar-refractivity contribution in [3.63, 3.8) is 0 Å². The Morgan fingerprint density at radius 2 is 2.05 bits per heavy atom. The monoisotopic (exact) mass is 274 g/mol. The van der Waals surface area contributed by atoms with E-state index in [4.69, 9.17) is 5.73 Å². The summed E-state index contributed by atoms with van der Waals surface area (Å²) < 4.78 is 2.13. The molecular weight excluding hydrogens is 252 g/mol. The van der Waals surface area contributed by atoms with Crippen LogP contribution in [0.15, 0.2) is 18.2 Å². The maximum absolute atomic E-state index is 11.7. The van der Waals surface area contributed by atoms with Crippen molar-refractivity contribution in [1.29, 1.82) is 0 Å². The summed E-state index contributed by atoms with van der Waals surface area (Å²) in [6.07, 6.45) is 4.69. The lowest BCUT2D eigenvalue weighted by Crippen LogP contribution is -2.12. The summed E-state index contributed by atoms with van der Waals surface area (Å²) in [7, 11) is 0. The molecule has 1 amide bonds. The first-order chi connectivity index (χ1) is 9.56. The third-order valence-corrected chi connectivity index (χ3v) is 3.79. The van der Waals surface area contributed by atoms with E-state index in [0.29, 0.717) is 5.56 Å². The number of primary amides is 1. The lowest BCUT2D eigenvalue weighted by atomic mass is 10.1. The molecule has 0 aliphatic heterocycles. The van der Waals surface area contributed by atoms with Gasteiger partial charge in [-0.25, -0.2) is 0 Å². The number of unbranched alkanes of at least 4 members (excludes halogenated alkanes) is 3. The molecule has 108 valence electrons. The van der Waals surface area contributed by atoms with Crippen LogP contribution in [0.25, 0.3) is 10.9 Å². The average Bonchev–Trinajstić information content (AvgIpc) is 2.66. The molecule has 1 aromatic heterocycles. The van der Waals surface area contributed by atoms with Gasteiger partial charge in [0.2, 0.25) is 0 Å². The van der Waals surface area contributed by atoms with Crippen molar-refractivity contribution in [2.75, 3.05) is 0 Å². The molecule has 0 aliphatic carbocycles. The first-order valence-corrected chi connectivity index (χ1v) is 7.17. The van der Waals surface area contributed by atoms with E-state index in [1.165, 1.54) is 19.3 Å². The molecule has 0 bridgehead atoms. The maximum atomic E-state index is 11.7. The van der Waals surface area contributed by atoms with Crippen molar-refractivity contribution >= 4 is 16.8 Å². The molecule has 4 heteroatoms. The molecule has 0 fully saturated rings. The predicted octanol–water partition coefficient (Wildman–Crippen LogP) is 3.33. The molecule has 3 N–H and O–H groups in total. The van der Waals surface area contributed by atoms with Crippen molar-refractivity contribution < 1.29 is 9.90 Å². The molecule has 1 heterocycles. The fraction of sp³-hybridized carbons (Fsp3) is 0.438. The van der Waals surface area contributed by atoms with Crippen LogP contribution in [-0.4, -0.2) is 15.6 Å². The molecule has 2 rings (SSSR count). The van der Waals surface area contributed by atoms with Crippen molar-refractivity contribution in [2.24, 2.45) is 5.73 Å². The Morgan fingerprint density at radius 3 is 2.70 bits per heavy atom. The first kappa shape index (κ1) is 14.4. The van der Waals surface area contributed by atoms with E-state index in [0.717, 1.165) is 29.6 Å². The summed E-state index contributed by atoms with van der Waals surface area (Å²) >= 11 is 0. The number of carbonyl (C=O) groups is 1. The van der Waals surface area contributed by atoms with Crippen LogP contribution in [0.2, 0.25) is 0 Å². The van der Waals surface area contributed by atoms with Crippen LogP contribution in [0.3, 0.4) is 0 Å². The standard InChI is InChI=1S/C16H22N2O2/c1-3-4-5-6-9-18-11(2)15(16(17)20)13-10-12(19)7-8-14(13)18/h7-8,10,19H,3-6,9H2,1-2H3,(H2,17,20). The van der Waals surface area contributed by atoms with Crippen LogP contribution in [0.1, 0.15) is 48.7 Å². The van der Waals surface area contributed by atoms with Gasteiger partial charge >= 0.3 is 0 Å². The number of aromatic nitrogens is 1. The van der Waals surface area contributed by atoms with Crippen LogP contribution in [0.5, 0.6) is 5.75 Å². The second kappa shape index (κ2) is 5.99. The summed E-state index contributed by atoms with van der Waals surface area (Å²) in [5.41, 5.74) is 7.85. The molecule has 2 aromatic rings. The maximum Gasteiger partial charge on any atom is 0.251 e. The van der Waals surface area contributed by atoms with Gasteiger partial charge in [-0.15, -0.1) is 0 Å². The summed E-state index contributed by atoms with van der Waals surface area (Å²) in [5.74, 6) is -0.284. The number of hydrogen-bond donors (Lipinski definition) is 2. The third-order valence-electron chi connectivity index (χ3n) is 3.79. The van der Waals surface area contributed by atoms with E-state index < -0.39 is 5.91 Å². The highest BCUT2D eigenvalue weighted by Gasteiger charge is 2.18. The van der Waals surface area contributed by atoms with Gasteiger partial charge in [-0.1, -0.05) is 26.2 Å². The van der Waals surface area contributed by atoms with E-state index in [1.807, 2.05) is 13.0 Å². The van der Waals surface area contributed by atoms with E-state index in [1.54, 1.807) is 12.1 Å². The Balaban J connectivity index is 2.43. The number of amides is 1. The van der Waals surface area contributed by atoms with Gasteiger partial charge in [0.25, 0.3) is 5.91 Å². The second-order valence-electron chi connectivity index (χ2n) is 5.24. The number of fused-ring (bicyclic) bond motifs is 1. The van der Waals surface area contributed by atoms with E-state index in [-0.39, 0.29) is 5.75 Å². The van der Waals surface area contributed by atoms with Crippen molar-refractivity contribution in [1.82, 2.24) is 4.57 Å². The molecule has 0 atom stereocenters. The topological polar surface area (TPSA) is 68.2 Å². The van der Waals surface area contributed by atoms with Crippen LogP contribution in [0, 0.1) is 6.92 Å². The number of benzene rings is 1. The molecular formula is C16H22N2O2. The van der Waals surface area contributed by atoms with Crippen molar-refractivity contribution in [3.8, 4) is 5.75 Å². The van der Waals surface area contributed by atoms with Crippen LogP contribution in [0.4, 0.5) is 0 Å². The van der Waals surface area contributed by atoms with Gasteiger partial charge in [0.15, 0.2) is 0 Å². The van der Waals surface area contributed by atoms with Crippen molar-refractivity contribution in [3.05, 3.63) is 29.5 Å². The Bertz CT molecular complexity index is 629. The average molecular weight is 274 g/mol. The Kier molecular flexibility index (Phi) is 4.32.